The number of hydrogen-bond donors (Lipinski definition) is 0. The molecule has 4 heteroatoms. The largest absolute Gasteiger partial charge is 0.436 e. The zero-order valence-electron chi connectivity index (χ0n) is 21.4. The highest BCUT2D eigenvalue weighted by atomic mass is 16.3. The van der Waals surface area contributed by atoms with Crippen LogP contribution in [0.15, 0.2) is 132 Å². The number of furan rings is 1. The molecule has 1 aliphatic carbocycles. The van der Waals surface area contributed by atoms with Crippen LogP contribution in [0.25, 0.3) is 44.5 Å². The van der Waals surface area contributed by atoms with E-state index in [0.717, 1.165) is 38.7 Å². The molecule has 0 atom stereocenters. The van der Waals surface area contributed by atoms with E-state index in [4.69, 9.17) is 4.42 Å². The van der Waals surface area contributed by atoms with Crippen molar-refractivity contribution in [2.75, 3.05) is 0 Å². The maximum absolute atomic E-state index is 9.87. The molecule has 0 aliphatic heterocycles. The van der Waals surface area contributed by atoms with Crippen LogP contribution < -0.4 is 0 Å². The first-order chi connectivity index (χ1) is 19.8. The molecule has 7 aromatic rings. The second kappa shape index (κ2) is 8.49. The molecule has 4 nitrogen and oxygen atoms in total. The maximum atomic E-state index is 9.87. The fourth-order valence-electron chi connectivity index (χ4n) is 6.41. The molecule has 0 spiro atoms. The fourth-order valence-corrected chi connectivity index (χ4v) is 6.41. The molecule has 0 N–H and O–H groups in total. The normalized spacial score (nSPS) is 13.2. The van der Waals surface area contributed by atoms with Gasteiger partial charge in [0.25, 0.3) is 0 Å². The molecule has 2 heterocycles. The molecule has 40 heavy (non-hydrogen) atoms. The van der Waals surface area contributed by atoms with Gasteiger partial charge in [-0.15, -0.1) is 0 Å². The standard InChI is InChI=1S/C36H21N3O/c37-22-23-11-14-28-29-15-12-25(24-13-16-33-30(20-24)34-35(40-33)39-18-17-38-34)21-32(29)36(31(28)19-23,26-7-3-1-4-8-26)27-9-5-2-6-10-27/h1-21H. The van der Waals surface area contributed by atoms with Gasteiger partial charge < -0.3 is 4.42 Å². The van der Waals surface area contributed by atoms with Crippen molar-refractivity contribution in [3.8, 4) is 28.3 Å². The van der Waals surface area contributed by atoms with E-state index in [1.807, 2.05) is 12.1 Å². The van der Waals surface area contributed by atoms with Crippen LogP contribution in [-0.2, 0) is 5.41 Å². The Balaban J connectivity index is 1.44. The number of hydrogen-bond acceptors (Lipinski definition) is 4. The van der Waals surface area contributed by atoms with Crippen molar-refractivity contribution < 1.29 is 4.42 Å². The van der Waals surface area contributed by atoms with Crippen molar-refractivity contribution in [1.29, 1.82) is 5.26 Å². The van der Waals surface area contributed by atoms with Gasteiger partial charge in [-0.1, -0.05) is 84.9 Å². The van der Waals surface area contributed by atoms with Gasteiger partial charge in [0.1, 0.15) is 11.1 Å². The van der Waals surface area contributed by atoms with Crippen molar-refractivity contribution in [1.82, 2.24) is 9.97 Å². The van der Waals surface area contributed by atoms with Crippen LogP contribution >= 0.6 is 0 Å². The van der Waals surface area contributed by atoms with Crippen LogP contribution in [0.4, 0.5) is 0 Å². The maximum Gasteiger partial charge on any atom is 0.246 e. The molecule has 0 saturated carbocycles. The van der Waals surface area contributed by atoms with Gasteiger partial charge in [0.05, 0.1) is 17.0 Å². The Hall–Kier alpha value is -5.53. The predicted molar refractivity (Wildman–Crippen MR) is 157 cm³/mol. The van der Waals surface area contributed by atoms with Gasteiger partial charge in [-0.05, 0) is 74.8 Å². The third-order valence-corrected chi connectivity index (χ3v) is 8.12. The van der Waals surface area contributed by atoms with Crippen LogP contribution in [0.5, 0.6) is 0 Å². The summed E-state index contributed by atoms with van der Waals surface area (Å²) in [7, 11) is 0. The highest BCUT2D eigenvalue weighted by Crippen LogP contribution is 2.57. The summed E-state index contributed by atoms with van der Waals surface area (Å²) < 4.78 is 5.93. The van der Waals surface area contributed by atoms with Gasteiger partial charge in [0, 0.05) is 17.8 Å². The Morgan fingerprint density at radius 2 is 1.25 bits per heavy atom. The summed E-state index contributed by atoms with van der Waals surface area (Å²) in [6.07, 6.45) is 3.34. The van der Waals surface area contributed by atoms with E-state index in [0.29, 0.717) is 11.3 Å². The Morgan fingerprint density at radius 3 is 1.98 bits per heavy atom. The quantitative estimate of drug-likeness (QED) is 0.239. The zero-order valence-corrected chi connectivity index (χ0v) is 21.4. The van der Waals surface area contributed by atoms with Crippen molar-refractivity contribution in [3.63, 3.8) is 0 Å². The lowest BCUT2D eigenvalue weighted by Gasteiger charge is -2.34. The SMILES string of the molecule is N#Cc1ccc2c(c1)C(c1ccccc1)(c1ccccc1)c1cc(-c3ccc4oc5nccnc5c4c3)ccc1-2. The lowest BCUT2D eigenvalue weighted by atomic mass is 9.67. The Labute approximate surface area is 230 Å². The number of benzene rings is 5. The smallest absolute Gasteiger partial charge is 0.246 e. The van der Waals surface area contributed by atoms with Crippen molar-refractivity contribution in [2.24, 2.45) is 0 Å². The minimum Gasteiger partial charge on any atom is -0.436 e. The van der Waals surface area contributed by atoms with E-state index in [1.165, 1.54) is 22.3 Å². The van der Waals surface area contributed by atoms with Gasteiger partial charge >= 0.3 is 0 Å². The van der Waals surface area contributed by atoms with Gasteiger partial charge in [-0.2, -0.15) is 5.26 Å². The third kappa shape index (κ3) is 3.06. The summed E-state index contributed by atoms with van der Waals surface area (Å²) in [6, 6.07) is 42.7. The Kier molecular flexibility index (Phi) is 4.77. The summed E-state index contributed by atoms with van der Waals surface area (Å²) in [5.41, 5.74) is 11.3. The van der Waals surface area contributed by atoms with Crippen LogP contribution in [-0.4, -0.2) is 9.97 Å². The van der Waals surface area contributed by atoms with E-state index in [1.54, 1.807) is 12.4 Å². The third-order valence-electron chi connectivity index (χ3n) is 8.12. The number of nitrogens with zero attached hydrogens (tertiary/aromatic N) is 3. The Bertz CT molecular complexity index is 2080. The minimum absolute atomic E-state index is 0.541. The van der Waals surface area contributed by atoms with E-state index < -0.39 is 5.41 Å². The van der Waals surface area contributed by atoms with E-state index in [9.17, 15) is 5.26 Å². The molecule has 0 radical (unpaired) electrons. The molecule has 1 aliphatic rings. The van der Waals surface area contributed by atoms with E-state index in [2.05, 4.69) is 119 Å². The topological polar surface area (TPSA) is 62.7 Å². The molecule has 0 amide bonds. The van der Waals surface area contributed by atoms with E-state index >= 15 is 0 Å². The first kappa shape index (κ1) is 22.5. The molecule has 0 fully saturated rings. The average Bonchev–Trinajstić information content (AvgIpc) is 3.54. The second-order valence-corrected chi connectivity index (χ2v) is 10.1. The average molecular weight is 512 g/mol. The lowest BCUT2D eigenvalue weighted by molar-refractivity contribution is 0.653. The Morgan fingerprint density at radius 1 is 0.625 bits per heavy atom. The summed E-state index contributed by atoms with van der Waals surface area (Å²) in [6.45, 7) is 0. The molecule has 186 valence electrons. The highest BCUT2D eigenvalue weighted by Gasteiger charge is 2.46. The van der Waals surface area contributed by atoms with Crippen molar-refractivity contribution in [3.05, 3.63) is 155 Å². The molecule has 0 bridgehead atoms. The van der Waals surface area contributed by atoms with Gasteiger partial charge in [-0.25, -0.2) is 9.97 Å². The second-order valence-electron chi connectivity index (χ2n) is 10.1. The van der Waals surface area contributed by atoms with Crippen LogP contribution in [0.3, 0.4) is 0 Å². The molecular weight excluding hydrogens is 490 g/mol. The minimum atomic E-state index is -0.575. The fraction of sp³-hybridized carbons (Fsp3) is 0.0278. The molecule has 0 unspecified atom stereocenters. The monoisotopic (exact) mass is 511 g/mol. The van der Waals surface area contributed by atoms with Crippen molar-refractivity contribution >= 4 is 22.2 Å². The van der Waals surface area contributed by atoms with Crippen LogP contribution in [0.2, 0.25) is 0 Å². The van der Waals surface area contributed by atoms with Crippen LogP contribution in [0.1, 0.15) is 27.8 Å². The lowest BCUT2D eigenvalue weighted by Crippen LogP contribution is -2.28. The van der Waals surface area contributed by atoms with Crippen molar-refractivity contribution in [2.45, 2.75) is 5.41 Å². The molecule has 5 aromatic carbocycles. The first-order valence-electron chi connectivity index (χ1n) is 13.2. The molecule has 8 rings (SSSR count). The predicted octanol–water partition coefficient (Wildman–Crippen LogP) is 8.28. The summed E-state index contributed by atoms with van der Waals surface area (Å²) in [5, 5.41) is 10.8. The van der Waals surface area contributed by atoms with Gasteiger partial charge in [0.15, 0.2) is 0 Å². The number of rotatable bonds is 3. The summed E-state index contributed by atoms with van der Waals surface area (Å²) in [5.74, 6) is 0. The first-order valence-corrected chi connectivity index (χ1v) is 13.2. The molecule has 0 saturated heterocycles. The number of aromatic nitrogens is 2. The van der Waals surface area contributed by atoms with Gasteiger partial charge in [-0.3, -0.25) is 0 Å². The summed E-state index contributed by atoms with van der Waals surface area (Å²) >= 11 is 0. The highest BCUT2D eigenvalue weighted by molar-refractivity contribution is 6.03. The zero-order chi connectivity index (χ0) is 26.7. The molecular formula is C36H21N3O. The number of nitriles is 1. The van der Waals surface area contributed by atoms with Gasteiger partial charge in [0.2, 0.25) is 5.71 Å². The number of fused-ring (bicyclic) bond motifs is 6. The van der Waals surface area contributed by atoms with E-state index in [-0.39, 0.29) is 0 Å². The molecule has 2 aromatic heterocycles. The van der Waals surface area contributed by atoms with Crippen LogP contribution in [0, 0.1) is 11.3 Å². The summed E-state index contributed by atoms with van der Waals surface area (Å²) in [4.78, 5) is 8.86.